The number of carbonyl (C=O) groups excluding carboxylic acids is 3. The summed E-state index contributed by atoms with van der Waals surface area (Å²) < 4.78 is 5.28. The normalized spacial score (nSPS) is 14.6. The van der Waals surface area contributed by atoms with Gasteiger partial charge < -0.3 is 25.8 Å². The third-order valence-corrected chi connectivity index (χ3v) is 4.78. The van der Waals surface area contributed by atoms with Gasteiger partial charge in [-0.1, -0.05) is 41.5 Å². The molecule has 0 aromatic carbocycles. The second-order valence-corrected chi connectivity index (χ2v) is 10.4. The molecule has 32 heavy (non-hydrogen) atoms. The van der Waals surface area contributed by atoms with Gasteiger partial charge in [0.05, 0.1) is 0 Å². The minimum absolute atomic E-state index is 0.0355. The van der Waals surface area contributed by atoms with Crippen molar-refractivity contribution < 1.29 is 29.0 Å². The van der Waals surface area contributed by atoms with Crippen LogP contribution in [0.2, 0.25) is 0 Å². The fraction of sp³-hybridized carbons (Fsp3) is 0.826. The number of carboxylic acids is 1. The molecule has 0 aromatic heterocycles. The number of aliphatic carboxylic acids is 1. The summed E-state index contributed by atoms with van der Waals surface area (Å²) in [6.07, 6.45) is 0.201. The first kappa shape index (κ1) is 29.7. The number of alkyl carbamates (subject to hydrolysis) is 1. The maximum atomic E-state index is 12.9. The van der Waals surface area contributed by atoms with Gasteiger partial charge in [-0.2, -0.15) is 0 Å². The van der Waals surface area contributed by atoms with Crippen LogP contribution in [0, 0.1) is 17.8 Å². The van der Waals surface area contributed by atoms with E-state index in [0.717, 1.165) is 0 Å². The fourth-order valence-electron chi connectivity index (χ4n) is 3.05. The zero-order valence-corrected chi connectivity index (χ0v) is 21.1. The number of carboxylic acid groups (broad SMARTS) is 1. The van der Waals surface area contributed by atoms with Crippen molar-refractivity contribution in [2.24, 2.45) is 17.8 Å². The Kier molecular flexibility index (Phi) is 12.3. The van der Waals surface area contributed by atoms with Gasteiger partial charge >= 0.3 is 12.1 Å². The summed E-state index contributed by atoms with van der Waals surface area (Å²) in [5.74, 6) is -1.84. The smallest absolute Gasteiger partial charge is 0.408 e. The van der Waals surface area contributed by atoms with E-state index in [1.54, 1.807) is 34.6 Å². The van der Waals surface area contributed by atoms with Crippen molar-refractivity contribution in [3.05, 3.63) is 0 Å². The van der Waals surface area contributed by atoms with Crippen LogP contribution in [0.15, 0.2) is 0 Å². The molecule has 4 N–H and O–H groups in total. The Bertz CT molecular complexity index is 640. The zero-order valence-electron chi connectivity index (χ0n) is 21.1. The summed E-state index contributed by atoms with van der Waals surface area (Å²) >= 11 is 0. The van der Waals surface area contributed by atoms with E-state index < -0.39 is 29.7 Å². The maximum absolute atomic E-state index is 12.9. The summed E-state index contributed by atoms with van der Waals surface area (Å²) in [6.45, 7) is 16.5. The van der Waals surface area contributed by atoms with E-state index in [4.69, 9.17) is 4.74 Å². The fourth-order valence-corrected chi connectivity index (χ4v) is 3.05. The SMILES string of the molecule is CC(C)C[C@H](NC(=O)OC(C)(C)C)C(=O)N[C@H](CCC(=O)N[C@H](C(=O)O)C(C)C)C(C)C. The third kappa shape index (κ3) is 12.5. The van der Waals surface area contributed by atoms with Crippen molar-refractivity contribution >= 4 is 23.9 Å². The quantitative estimate of drug-likeness (QED) is 0.356. The molecule has 0 saturated heterocycles. The molecule has 3 amide bonds. The van der Waals surface area contributed by atoms with Crippen molar-refractivity contribution in [1.82, 2.24) is 16.0 Å². The molecule has 186 valence electrons. The van der Waals surface area contributed by atoms with E-state index in [1.165, 1.54) is 0 Å². The van der Waals surface area contributed by atoms with Gasteiger partial charge in [0.15, 0.2) is 0 Å². The minimum Gasteiger partial charge on any atom is -0.480 e. The molecular weight excluding hydrogens is 414 g/mol. The molecule has 0 bridgehead atoms. The Hall–Kier alpha value is -2.32. The van der Waals surface area contributed by atoms with Gasteiger partial charge in [0.25, 0.3) is 0 Å². The van der Waals surface area contributed by atoms with Crippen LogP contribution in [0.1, 0.15) is 81.6 Å². The summed E-state index contributed by atoms with van der Waals surface area (Å²) in [5, 5.41) is 17.4. The van der Waals surface area contributed by atoms with E-state index >= 15 is 0 Å². The molecule has 0 radical (unpaired) electrons. The summed E-state index contributed by atoms with van der Waals surface area (Å²) in [5.41, 5.74) is -0.680. The molecule has 0 aliphatic carbocycles. The Morgan fingerprint density at radius 3 is 1.84 bits per heavy atom. The number of ether oxygens (including phenoxy) is 1. The molecule has 0 aliphatic rings. The molecule has 3 atom stereocenters. The van der Waals surface area contributed by atoms with Gasteiger partial charge in [0, 0.05) is 12.5 Å². The highest BCUT2D eigenvalue weighted by Crippen LogP contribution is 2.13. The lowest BCUT2D eigenvalue weighted by Gasteiger charge is -2.28. The average molecular weight is 458 g/mol. The van der Waals surface area contributed by atoms with Crippen LogP contribution in [0.5, 0.6) is 0 Å². The molecule has 0 aliphatic heterocycles. The predicted molar refractivity (Wildman–Crippen MR) is 123 cm³/mol. The first-order valence-electron chi connectivity index (χ1n) is 11.4. The number of amides is 3. The third-order valence-electron chi connectivity index (χ3n) is 4.78. The molecular formula is C23H43N3O6. The van der Waals surface area contributed by atoms with Gasteiger partial charge in [-0.25, -0.2) is 9.59 Å². The van der Waals surface area contributed by atoms with E-state index in [-0.39, 0.29) is 42.0 Å². The summed E-state index contributed by atoms with van der Waals surface area (Å²) in [4.78, 5) is 48.7. The van der Waals surface area contributed by atoms with E-state index in [2.05, 4.69) is 16.0 Å². The standard InChI is InChI=1S/C23H43N3O6/c1-13(2)12-17(25-22(31)32-23(7,8)9)20(28)24-16(14(3)4)10-11-18(27)26-19(15(5)6)21(29)30/h13-17,19H,10-12H2,1-9H3,(H,24,28)(H,25,31)(H,26,27)(H,29,30)/t16-,17+,19+/m1/s1. The van der Waals surface area contributed by atoms with Crippen LogP contribution in [0.3, 0.4) is 0 Å². The molecule has 0 unspecified atom stereocenters. The molecule has 0 aromatic rings. The number of hydrogen-bond acceptors (Lipinski definition) is 5. The monoisotopic (exact) mass is 457 g/mol. The second kappa shape index (κ2) is 13.3. The van der Waals surface area contributed by atoms with Crippen LogP contribution in [0.4, 0.5) is 4.79 Å². The van der Waals surface area contributed by atoms with Crippen LogP contribution in [0.25, 0.3) is 0 Å². The van der Waals surface area contributed by atoms with Crippen LogP contribution < -0.4 is 16.0 Å². The number of rotatable bonds is 12. The van der Waals surface area contributed by atoms with Crippen molar-refractivity contribution in [3.8, 4) is 0 Å². The first-order chi connectivity index (χ1) is 14.5. The Morgan fingerprint density at radius 1 is 0.875 bits per heavy atom. The highest BCUT2D eigenvalue weighted by atomic mass is 16.6. The molecule has 0 saturated carbocycles. The maximum Gasteiger partial charge on any atom is 0.408 e. The van der Waals surface area contributed by atoms with Gasteiger partial charge in [0.1, 0.15) is 17.7 Å². The second-order valence-electron chi connectivity index (χ2n) is 10.4. The predicted octanol–water partition coefficient (Wildman–Crippen LogP) is 3.07. The van der Waals surface area contributed by atoms with Crippen LogP contribution in [-0.4, -0.2) is 52.7 Å². The molecule has 0 rings (SSSR count). The Morgan fingerprint density at radius 2 is 1.44 bits per heavy atom. The minimum atomic E-state index is -1.08. The molecule has 9 nitrogen and oxygen atoms in total. The number of hydrogen-bond donors (Lipinski definition) is 4. The summed E-state index contributed by atoms with van der Waals surface area (Å²) in [7, 11) is 0. The molecule has 0 fully saturated rings. The van der Waals surface area contributed by atoms with Crippen molar-refractivity contribution in [2.45, 2.75) is 105 Å². The highest BCUT2D eigenvalue weighted by molar-refractivity contribution is 5.86. The van der Waals surface area contributed by atoms with Crippen molar-refractivity contribution in [2.75, 3.05) is 0 Å². The molecule has 0 spiro atoms. The topological polar surface area (TPSA) is 134 Å². The van der Waals surface area contributed by atoms with E-state index in [1.807, 2.05) is 27.7 Å². The Balaban J connectivity index is 5.09. The zero-order chi connectivity index (χ0) is 25.2. The van der Waals surface area contributed by atoms with E-state index in [0.29, 0.717) is 12.8 Å². The lowest BCUT2D eigenvalue weighted by molar-refractivity contribution is -0.143. The highest BCUT2D eigenvalue weighted by Gasteiger charge is 2.28. The average Bonchev–Trinajstić information content (AvgIpc) is 2.59. The van der Waals surface area contributed by atoms with Gasteiger partial charge in [-0.15, -0.1) is 0 Å². The van der Waals surface area contributed by atoms with Gasteiger partial charge in [0.2, 0.25) is 11.8 Å². The van der Waals surface area contributed by atoms with Gasteiger partial charge in [-0.05, 0) is 51.4 Å². The van der Waals surface area contributed by atoms with Crippen LogP contribution >= 0.6 is 0 Å². The molecule has 0 heterocycles. The van der Waals surface area contributed by atoms with Gasteiger partial charge in [-0.3, -0.25) is 9.59 Å². The summed E-state index contributed by atoms with van der Waals surface area (Å²) in [6, 6.07) is -2.04. The number of nitrogens with one attached hydrogen (secondary N) is 3. The lowest BCUT2D eigenvalue weighted by atomic mass is 9.97. The van der Waals surface area contributed by atoms with Crippen molar-refractivity contribution in [1.29, 1.82) is 0 Å². The Labute approximate surface area is 192 Å². The van der Waals surface area contributed by atoms with E-state index in [9.17, 15) is 24.3 Å². The number of carbonyl (C=O) groups is 4. The lowest BCUT2D eigenvalue weighted by Crippen LogP contribution is -2.52. The van der Waals surface area contributed by atoms with Crippen molar-refractivity contribution in [3.63, 3.8) is 0 Å². The molecule has 9 heteroatoms. The first-order valence-corrected chi connectivity index (χ1v) is 11.4. The largest absolute Gasteiger partial charge is 0.480 e. The van der Waals surface area contributed by atoms with Crippen LogP contribution in [-0.2, 0) is 19.1 Å².